The Bertz CT molecular complexity index is 818. The summed E-state index contributed by atoms with van der Waals surface area (Å²) in [5.41, 5.74) is 9.54. The maximum atomic E-state index is 2.70. The summed E-state index contributed by atoms with van der Waals surface area (Å²) >= 11 is 0. The minimum atomic E-state index is 0.191. The van der Waals surface area contributed by atoms with Gasteiger partial charge in [0.15, 0.2) is 0 Å². The molecule has 3 aliphatic rings. The molecule has 0 spiro atoms. The Morgan fingerprint density at radius 1 is 1.19 bits per heavy atom. The molecule has 27 heavy (non-hydrogen) atoms. The summed E-state index contributed by atoms with van der Waals surface area (Å²) in [4.78, 5) is 0. The minimum Gasteiger partial charge on any atom is -0.0763 e. The van der Waals surface area contributed by atoms with Crippen LogP contribution in [-0.2, 0) is 0 Å². The van der Waals surface area contributed by atoms with Crippen molar-refractivity contribution in [1.29, 1.82) is 0 Å². The Kier molecular flexibility index (Phi) is 4.95. The van der Waals surface area contributed by atoms with Gasteiger partial charge in [-0.05, 0) is 55.2 Å². The average molecular weight is 361 g/mol. The van der Waals surface area contributed by atoms with Crippen LogP contribution in [0.2, 0.25) is 0 Å². The maximum Gasteiger partial charge on any atom is 0.0246 e. The van der Waals surface area contributed by atoms with Crippen LogP contribution in [0.5, 0.6) is 0 Å². The number of aryl methyl sites for hydroxylation is 1. The quantitative estimate of drug-likeness (QED) is 0.482. The molecule has 0 heterocycles. The normalized spacial score (nSPS) is 29.4. The molecular weight excluding hydrogens is 324 g/mol. The van der Waals surface area contributed by atoms with E-state index in [0.29, 0.717) is 11.8 Å². The fraction of sp³-hybridized carbons (Fsp3) is 0.556. The third-order valence-electron chi connectivity index (χ3n) is 7.71. The van der Waals surface area contributed by atoms with Crippen molar-refractivity contribution in [3.8, 4) is 0 Å². The minimum absolute atomic E-state index is 0.191. The first-order chi connectivity index (χ1) is 13.0. The molecule has 0 heteroatoms. The van der Waals surface area contributed by atoms with Crippen LogP contribution in [0, 0.1) is 24.2 Å². The number of allylic oxidation sites excluding steroid dienone is 6. The van der Waals surface area contributed by atoms with Crippen LogP contribution in [0.3, 0.4) is 0 Å². The van der Waals surface area contributed by atoms with Crippen LogP contribution in [0.4, 0.5) is 0 Å². The molecule has 3 aliphatic carbocycles. The van der Waals surface area contributed by atoms with Gasteiger partial charge in [0.1, 0.15) is 0 Å². The van der Waals surface area contributed by atoms with Gasteiger partial charge in [-0.15, -0.1) is 0 Å². The molecule has 0 aliphatic heterocycles. The zero-order valence-electron chi connectivity index (χ0n) is 17.9. The van der Waals surface area contributed by atoms with E-state index in [4.69, 9.17) is 0 Å². The van der Waals surface area contributed by atoms with E-state index >= 15 is 0 Å². The van der Waals surface area contributed by atoms with E-state index in [9.17, 15) is 0 Å². The van der Waals surface area contributed by atoms with Crippen LogP contribution in [0.15, 0.2) is 47.6 Å². The highest BCUT2D eigenvalue weighted by Crippen LogP contribution is 2.65. The molecule has 0 nitrogen and oxygen atoms in total. The SMILES string of the molecule is CCCCC(CC)CC1C=C2c3cc(C)ccc3C3C=CC(C)=C(C1)C23C. The van der Waals surface area contributed by atoms with Gasteiger partial charge in [0.2, 0.25) is 0 Å². The van der Waals surface area contributed by atoms with E-state index in [-0.39, 0.29) is 5.41 Å². The Labute approximate surface area is 166 Å². The van der Waals surface area contributed by atoms with Crippen molar-refractivity contribution in [3.63, 3.8) is 0 Å². The van der Waals surface area contributed by atoms with Gasteiger partial charge in [-0.2, -0.15) is 0 Å². The van der Waals surface area contributed by atoms with Crippen molar-refractivity contribution >= 4 is 5.57 Å². The molecule has 4 unspecified atom stereocenters. The van der Waals surface area contributed by atoms with Gasteiger partial charge in [-0.1, -0.05) is 99.6 Å². The second-order valence-corrected chi connectivity index (χ2v) is 9.49. The first-order valence-corrected chi connectivity index (χ1v) is 11.2. The van der Waals surface area contributed by atoms with Gasteiger partial charge in [0.05, 0.1) is 0 Å². The Hall–Kier alpha value is -1.56. The summed E-state index contributed by atoms with van der Waals surface area (Å²) in [6, 6.07) is 7.14. The number of hydrogen-bond donors (Lipinski definition) is 0. The van der Waals surface area contributed by atoms with Crippen molar-refractivity contribution in [2.45, 2.75) is 79.1 Å². The molecule has 0 radical (unpaired) electrons. The van der Waals surface area contributed by atoms with Gasteiger partial charge in [-0.3, -0.25) is 0 Å². The lowest BCUT2D eigenvalue weighted by Gasteiger charge is -2.43. The zero-order valence-corrected chi connectivity index (χ0v) is 17.9. The van der Waals surface area contributed by atoms with Gasteiger partial charge < -0.3 is 0 Å². The van der Waals surface area contributed by atoms with E-state index in [1.165, 1.54) is 55.2 Å². The average Bonchev–Trinajstić information content (AvgIpc) is 2.89. The molecule has 0 N–H and O–H groups in total. The highest BCUT2D eigenvalue weighted by molar-refractivity contribution is 5.85. The Balaban J connectivity index is 1.76. The molecule has 0 saturated carbocycles. The molecule has 1 aromatic carbocycles. The molecule has 144 valence electrons. The van der Waals surface area contributed by atoms with E-state index in [1.807, 2.05) is 0 Å². The topological polar surface area (TPSA) is 0 Å². The molecule has 0 fully saturated rings. The first kappa shape index (κ1) is 18.8. The lowest BCUT2D eigenvalue weighted by Crippen LogP contribution is -2.31. The molecule has 0 amide bonds. The van der Waals surface area contributed by atoms with E-state index in [1.54, 1.807) is 16.7 Å². The van der Waals surface area contributed by atoms with Crippen molar-refractivity contribution < 1.29 is 0 Å². The largest absolute Gasteiger partial charge is 0.0763 e. The van der Waals surface area contributed by atoms with Crippen LogP contribution in [0.25, 0.3) is 5.57 Å². The number of unbranched alkanes of at least 4 members (excludes halogenated alkanes) is 1. The maximum absolute atomic E-state index is 2.70. The molecule has 1 aromatic rings. The number of hydrogen-bond acceptors (Lipinski definition) is 0. The number of fused-ring (bicyclic) bond motifs is 3. The van der Waals surface area contributed by atoms with E-state index in [0.717, 1.165) is 5.92 Å². The summed E-state index contributed by atoms with van der Waals surface area (Å²) in [6.45, 7) is 11.8. The van der Waals surface area contributed by atoms with Crippen LogP contribution in [-0.4, -0.2) is 0 Å². The van der Waals surface area contributed by atoms with Crippen LogP contribution in [0.1, 0.15) is 88.8 Å². The molecule has 4 atom stereocenters. The Morgan fingerprint density at radius 2 is 2.00 bits per heavy atom. The second kappa shape index (κ2) is 7.12. The number of benzene rings is 1. The van der Waals surface area contributed by atoms with Gasteiger partial charge >= 0.3 is 0 Å². The van der Waals surface area contributed by atoms with Gasteiger partial charge in [0.25, 0.3) is 0 Å². The lowest BCUT2D eigenvalue weighted by molar-refractivity contribution is 0.342. The highest BCUT2D eigenvalue weighted by Gasteiger charge is 2.51. The third kappa shape index (κ3) is 2.96. The lowest BCUT2D eigenvalue weighted by atomic mass is 9.60. The molecular formula is C27H36. The van der Waals surface area contributed by atoms with Crippen LogP contribution >= 0.6 is 0 Å². The predicted molar refractivity (Wildman–Crippen MR) is 118 cm³/mol. The van der Waals surface area contributed by atoms with Gasteiger partial charge in [-0.25, -0.2) is 0 Å². The summed E-state index contributed by atoms with van der Waals surface area (Å²) < 4.78 is 0. The predicted octanol–water partition coefficient (Wildman–Crippen LogP) is 7.99. The van der Waals surface area contributed by atoms with Gasteiger partial charge in [0, 0.05) is 11.3 Å². The van der Waals surface area contributed by atoms with Crippen molar-refractivity contribution in [2.75, 3.05) is 0 Å². The standard InChI is InChI=1S/C27H36/c1-6-8-9-20(7-2)15-21-16-25-19(4)11-13-24-22-12-10-18(3)14-23(22)26(17-21)27(24,25)5/h10-14,17,20-21,24H,6-9,15-16H2,1-5H3. The molecule has 0 saturated heterocycles. The highest BCUT2D eigenvalue weighted by atomic mass is 14.5. The summed E-state index contributed by atoms with van der Waals surface area (Å²) in [5.74, 6) is 2.12. The fourth-order valence-corrected chi connectivity index (χ4v) is 6.08. The monoisotopic (exact) mass is 360 g/mol. The van der Waals surface area contributed by atoms with Crippen LogP contribution < -0.4 is 0 Å². The molecule has 0 aromatic heterocycles. The molecule has 0 bridgehead atoms. The third-order valence-corrected chi connectivity index (χ3v) is 7.71. The van der Waals surface area contributed by atoms with E-state index < -0.39 is 0 Å². The zero-order chi connectivity index (χ0) is 19.2. The first-order valence-electron chi connectivity index (χ1n) is 11.2. The van der Waals surface area contributed by atoms with Crippen molar-refractivity contribution in [3.05, 3.63) is 64.3 Å². The molecule has 4 rings (SSSR count). The summed E-state index contributed by atoms with van der Waals surface area (Å²) in [7, 11) is 0. The van der Waals surface area contributed by atoms with Crippen molar-refractivity contribution in [1.82, 2.24) is 0 Å². The second-order valence-electron chi connectivity index (χ2n) is 9.49. The fourth-order valence-electron chi connectivity index (χ4n) is 6.08. The Morgan fingerprint density at radius 3 is 2.74 bits per heavy atom. The summed E-state index contributed by atoms with van der Waals surface area (Å²) in [6.07, 6.45) is 15.6. The smallest absolute Gasteiger partial charge is 0.0246 e. The van der Waals surface area contributed by atoms with E-state index in [2.05, 4.69) is 71.0 Å². The summed E-state index contributed by atoms with van der Waals surface area (Å²) in [5, 5.41) is 0. The number of rotatable bonds is 6. The van der Waals surface area contributed by atoms with Crippen molar-refractivity contribution in [2.24, 2.45) is 17.3 Å².